The maximum absolute atomic E-state index is 12.1. The molecule has 3 rings (SSSR count). The Balaban J connectivity index is 1.50. The van der Waals surface area contributed by atoms with Crippen molar-refractivity contribution in [1.82, 2.24) is 4.98 Å². The van der Waals surface area contributed by atoms with E-state index in [9.17, 15) is 13.2 Å². The Bertz CT molecular complexity index is 879. The van der Waals surface area contributed by atoms with E-state index < -0.39 is 16.0 Å². The van der Waals surface area contributed by atoms with Crippen molar-refractivity contribution in [3.05, 3.63) is 59.4 Å². The average molecular weight is 374 g/mol. The van der Waals surface area contributed by atoms with Crippen LogP contribution >= 0.6 is 0 Å². The molecule has 1 aliphatic rings. The predicted octanol–water partition coefficient (Wildman–Crippen LogP) is 2.72. The molecule has 1 aliphatic heterocycles. The number of benzene rings is 1. The smallest absolute Gasteiger partial charge is 0.338 e. The third-order valence-corrected chi connectivity index (χ3v) is 6.12. The summed E-state index contributed by atoms with van der Waals surface area (Å²) in [6, 6.07) is 12.4. The highest BCUT2D eigenvalue weighted by Gasteiger charge is 2.28. The number of aromatic nitrogens is 1. The molecule has 2 aromatic rings. The number of carbonyl (C=O) groups excluding carboxylic acids is 1. The quantitative estimate of drug-likeness (QED) is 0.574. The molecule has 6 nitrogen and oxygen atoms in total. The summed E-state index contributed by atoms with van der Waals surface area (Å²) < 4.78 is 30.5. The van der Waals surface area contributed by atoms with Crippen LogP contribution in [-0.4, -0.2) is 38.3 Å². The second-order valence-corrected chi connectivity index (χ2v) is 8.31. The number of ether oxygens (including phenoxy) is 1. The van der Waals surface area contributed by atoms with Crippen LogP contribution < -0.4 is 4.31 Å². The SMILES string of the molecule is Cc1cccc(CCCOC(=O)c2ccc(N3CCCS3(=O)=O)cc2)n1. The van der Waals surface area contributed by atoms with Gasteiger partial charge in [0.2, 0.25) is 10.0 Å². The van der Waals surface area contributed by atoms with Gasteiger partial charge in [0.1, 0.15) is 0 Å². The summed E-state index contributed by atoms with van der Waals surface area (Å²) >= 11 is 0. The monoisotopic (exact) mass is 374 g/mol. The Morgan fingerprint density at radius 2 is 1.96 bits per heavy atom. The molecule has 26 heavy (non-hydrogen) atoms. The second-order valence-electron chi connectivity index (χ2n) is 6.30. The molecule has 1 saturated heterocycles. The lowest BCUT2D eigenvalue weighted by molar-refractivity contribution is 0.0500. The molecule has 0 saturated carbocycles. The van der Waals surface area contributed by atoms with Crippen LogP contribution in [0, 0.1) is 6.92 Å². The van der Waals surface area contributed by atoms with E-state index in [0.717, 1.165) is 17.8 Å². The van der Waals surface area contributed by atoms with Crippen LogP contribution in [0.15, 0.2) is 42.5 Å². The van der Waals surface area contributed by atoms with E-state index in [1.165, 1.54) is 4.31 Å². The minimum Gasteiger partial charge on any atom is -0.462 e. The van der Waals surface area contributed by atoms with Crippen molar-refractivity contribution in [2.75, 3.05) is 23.2 Å². The van der Waals surface area contributed by atoms with E-state index in [2.05, 4.69) is 4.98 Å². The lowest BCUT2D eigenvalue weighted by Crippen LogP contribution is -2.25. The zero-order chi connectivity index (χ0) is 18.6. The van der Waals surface area contributed by atoms with Gasteiger partial charge in [-0.3, -0.25) is 9.29 Å². The molecule has 0 amide bonds. The van der Waals surface area contributed by atoms with Gasteiger partial charge in [-0.05, 0) is 62.6 Å². The first-order chi connectivity index (χ1) is 12.5. The van der Waals surface area contributed by atoms with Gasteiger partial charge in [0.05, 0.1) is 23.6 Å². The fourth-order valence-corrected chi connectivity index (χ4v) is 4.50. The van der Waals surface area contributed by atoms with E-state index in [-0.39, 0.29) is 5.75 Å². The molecule has 0 atom stereocenters. The van der Waals surface area contributed by atoms with Gasteiger partial charge < -0.3 is 4.74 Å². The minimum absolute atomic E-state index is 0.173. The molecule has 1 fully saturated rings. The molecule has 0 spiro atoms. The Morgan fingerprint density at radius 3 is 2.62 bits per heavy atom. The second kappa shape index (κ2) is 7.86. The van der Waals surface area contributed by atoms with Gasteiger partial charge in [0, 0.05) is 17.9 Å². The molecular formula is C19H22N2O4S. The summed E-state index contributed by atoms with van der Waals surface area (Å²) in [7, 11) is -3.21. The number of hydrogen-bond acceptors (Lipinski definition) is 5. The van der Waals surface area contributed by atoms with Gasteiger partial charge in [-0.1, -0.05) is 6.07 Å². The molecule has 0 N–H and O–H groups in total. The Morgan fingerprint density at radius 1 is 1.19 bits per heavy atom. The van der Waals surface area contributed by atoms with Crippen LogP contribution in [0.2, 0.25) is 0 Å². The van der Waals surface area contributed by atoms with Gasteiger partial charge >= 0.3 is 5.97 Å². The maximum Gasteiger partial charge on any atom is 0.338 e. The van der Waals surface area contributed by atoms with Crippen molar-refractivity contribution >= 4 is 21.7 Å². The van der Waals surface area contributed by atoms with Crippen molar-refractivity contribution < 1.29 is 17.9 Å². The molecule has 0 unspecified atom stereocenters. The van der Waals surface area contributed by atoms with E-state index in [0.29, 0.717) is 37.2 Å². The number of nitrogens with zero attached hydrogens (tertiary/aromatic N) is 2. The van der Waals surface area contributed by atoms with Crippen molar-refractivity contribution in [2.45, 2.75) is 26.2 Å². The number of aryl methyl sites for hydroxylation is 2. The summed E-state index contributed by atoms with van der Waals surface area (Å²) in [5, 5.41) is 0. The average Bonchev–Trinajstić information content (AvgIpc) is 2.98. The molecule has 7 heteroatoms. The standard InChI is InChI=1S/C19H22N2O4S/c1-15-5-2-6-17(20-15)7-3-13-25-19(22)16-8-10-18(11-9-16)21-12-4-14-26(21,23)24/h2,5-6,8-11H,3-4,7,12-14H2,1H3. The Labute approximate surface area is 153 Å². The number of hydrogen-bond donors (Lipinski definition) is 0. The maximum atomic E-state index is 12.1. The molecule has 138 valence electrons. The van der Waals surface area contributed by atoms with E-state index in [1.807, 2.05) is 25.1 Å². The van der Waals surface area contributed by atoms with Crippen LogP contribution in [0.4, 0.5) is 5.69 Å². The molecule has 1 aromatic carbocycles. The third-order valence-electron chi connectivity index (χ3n) is 4.25. The summed E-state index contributed by atoms with van der Waals surface area (Å²) in [4.78, 5) is 16.5. The highest BCUT2D eigenvalue weighted by atomic mass is 32.2. The summed E-state index contributed by atoms with van der Waals surface area (Å²) in [6.45, 7) is 2.75. The van der Waals surface area contributed by atoms with E-state index in [4.69, 9.17) is 4.74 Å². The van der Waals surface area contributed by atoms with Crippen molar-refractivity contribution in [1.29, 1.82) is 0 Å². The molecule has 2 heterocycles. The molecule has 0 bridgehead atoms. The molecular weight excluding hydrogens is 352 g/mol. The molecule has 0 aliphatic carbocycles. The Hall–Kier alpha value is -2.41. The number of rotatable bonds is 6. The highest BCUT2D eigenvalue weighted by Crippen LogP contribution is 2.24. The lowest BCUT2D eigenvalue weighted by atomic mass is 10.2. The molecule has 1 aromatic heterocycles. The van der Waals surface area contributed by atoms with E-state index >= 15 is 0 Å². The summed E-state index contributed by atoms with van der Waals surface area (Å²) in [6.07, 6.45) is 2.08. The molecule has 0 radical (unpaired) electrons. The number of carbonyl (C=O) groups is 1. The fourth-order valence-electron chi connectivity index (χ4n) is 2.93. The fraction of sp³-hybridized carbons (Fsp3) is 0.368. The van der Waals surface area contributed by atoms with Gasteiger partial charge in [-0.25, -0.2) is 13.2 Å². The number of anilines is 1. The third kappa shape index (κ3) is 4.40. The summed E-state index contributed by atoms with van der Waals surface area (Å²) in [5.74, 6) is -0.231. The minimum atomic E-state index is -3.21. The van der Waals surface area contributed by atoms with E-state index in [1.54, 1.807) is 24.3 Å². The normalized spacial score (nSPS) is 15.8. The van der Waals surface area contributed by atoms with Gasteiger partial charge in [-0.2, -0.15) is 0 Å². The first kappa shape index (κ1) is 18.4. The number of pyridine rings is 1. The topological polar surface area (TPSA) is 76.6 Å². The van der Waals surface area contributed by atoms with Crippen molar-refractivity contribution in [3.8, 4) is 0 Å². The number of sulfonamides is 1. The zero-order valence-electron chi connectivity index (χ0n) is 14.7. The zero-order valence-corrected chi connectivity index (χ0v) is 15.5. The first-order valence-electron chi connectivity index (χ1n) is 8.66. The van der Waals surface area contributed by atoms with Crippen LogP contribution in [0.25, 0.3) is 0 Å². The van der Waals surface area contributed by atoms with Gasteiger partial charge in [0.15, 0.2) is 0 Å². The predicted molar refractivity (Wildman–Crippen MR) is 99.8 cm³/mol. The summed E-state index contributed by atoms with van der Waals surface area (Å²) in [5.41, 5.74) is 2.96. The first-order valence-corrected chi connectivity index (χ1v) is 10.3. The number of esters is 1. The highest BCUT2D eigenvalue weighted by molar-refractivity contribution is 7.93. The Kier molecular flexibility index (Phi) is 5.56. The largest absolute Gasteiger partial charge is 0.462 e. The van der Waals surface area contributed by atoms with Crippen LogP contribution in [0.3, 0.4) is 0 Å². The van der Waals surface area contributed by atoms with Crippen LogP contribution in [0.1, 0.15) is 34.6 Å². The van der Waals surface area contributed by atoms with Crippen LogP contribution in [0.5, 0.6) is 0 Å². The van der Waals surface area contributed by atoms with Crippen molar-refractivity contribution in [3.63, 3.8) is 0 Å². The lowest BCUT2D eigenvalue weighted by Gasteiger charge is -2.16. The van der Waals surface area contributed by atoms with Gasteiger partial charge in [0.25, 0.3) is 0 Å². The van der Waals surface area contributed by atoms with Crippen molar-refractivity contribution in [2.24, 2.45) is 0 Å². The van der Waals surface area contributed by atoms with Crippen LogP contribution in [-0.2, 0) is 21.2 Å². The van der Waals surface area contributed by atoms with Gasteiger partial charge in [-0.15, -0.1) is 0 Å².